The predicted molar refractivity (Wildman–Crippen MR) is 57.3 cm³/mol. The molecule has 0 aliphatic rings. The molecule has 0 atom stereocenters. The molecule has 4 N–H and O–H groups in total. The summed E-state index contributed by atoms with van der Waals surface area (Å²) < 4.78 is 5.29. The number of nitrogen functional groups attached to an aromatic ring is 1. The van der Waals surface area contributed by atoms with E-state index in [1.165, 1.54) is 6.20 Å². The van der Waals surface area contributed by atoms with Crippen molar-refractivity contribution in [1.29, 1.82) is 0 Å². The molecule has 0 aliphatic heterocycles. The minimum absolute atomic E-state index is 0.0119. The number of anilines is 2. The highest BCUT2D eigenvalue weighted by Crippen LogP contribution is 2.12. The smallest absolute Gasteiger partial charge is 0.251 e. The number of aromatic nitrogens is 2. The van der Waals surface area contributed by atoms with Gasteiger partial charge in [-0.25, -0.2) is 0 Å². The predicted octanol–water partition coefficient (Wildman–Crippen LogP) is 0.745. The minimum Gasteiger partial charge on any atom is -0.394 e. The summed E-state index contributed by atoms with van der Waals surface area (Å²) >= 11 is 0. The van der Waals surface area contributed by atoms with Gasteiger partial charge in [0.1, 0.15) is 6.61 Å². The van der Waals surface area contributed by atoms with Crippen LogP contribution in [0.1, 0.15) is 20.8 Å². The number of carbonyl (C=O) groups is 1. The molecule has 6 heteroatoms. The van der Waals surface area contributed by atoms with Crippen molar-refractivity contribution in [2.45, 2.75) is 26.4 Å². The molecule has 15 heavy (non-hydrogen) atoms. The second kappa shape index (κ2) is 4.31. The number of carbonyl (C=O) groups excluding carboxylic acids is 1. The number of nitrogens with one attached hydrogen (secondary N) is 2. The van der Waals surface area contributed by atoms with Gasteiger partial charge in [-0.1, -0.05) is 0 Å². The van der Waals surface area contributed by atoms with E-state index in [1.54, 1.807) is 0 Å². The van der Waals surface area contributed by atoms with Crippen molar-refractivity contribution in [1.82, 2.24) is 10.2 Å². The molecule has 0 saturated heterocycles. The summed E-state index contributed by atoms with van der Waals surface area (Å²) in [6, 6.07) is 0. The normalized spacial score (nSPS) is 11.4. The zero-order valence-corrected chi connectivity index (χ0v) is 9.13. The Kier molecular flexibility index (Phi) is 3.31. The highest BCUT2D eigenvalue weighted by atomic mass is 16.5. The Morgan fingerprint density at radius 3 is 2.80 bits per heavy atom. The molecule has 6 nitrogen and oxygen atoms in total. The first-order valence-electron chi connectivity index (χ1n) is 4.61. The molecule has 0 aromatic carbocycles. The van der Waals surface area contributed by atoms with Gasteiger partial charge >= 0.3 is 0 Å². The standard InChI is InChI=1S/C9H16N4O2/c1-9(2,3)15-5-7(14)12-8-6(10)4-11-13-8/h4H,5,10H2,1-3H3,(H2,11,12,13,14). The van der Waals surface area contributed by atoms with E-state index in [-0.39, 0.29) is 18.1 Å². The molecule has 0 saturated carbocycles. The van der Waals surface area contributed by atoms with E-state index in [9.17, 15) is 4.79 Å². The van der Waals surface area contributed by atoms with E-state index < -0.39 is 0 Å². The van der Waals surface area contributed by atoms with Crippen LogP contribution in [0.2, 0.25) is 0 Å². The Morgan fingerprint density at radius 2 is 2.33 bits per heavy atom. The van der Waals surface area contributed by atoms with Crippen molar-refractivity contribution < 1.29 is 9.53 Å². The van der Waals surface area contributed by atoms with Gasteiger partial charge in [-0.3, -0.25) is 9.89 Å². The van der Waals surface area contributed by atoms with E-state index >= 15 is 0 Å². The summed E-state index contributed by atoms with van der Waals surface area (Å²) in [6.45, 7) is 5.63. The number of amides is 1. The Morgan fingerprint density at radius 1 is 1.67 bits per heavy atom. The molecular weight excluding hydrogens is 196 g/mol. The van der Waals surface area contributed by atoms with E-state index in [4.69, 9.17) is 10.5 Å². The third-order valence-corrected chi connectivity index (χ3v) is 1.57. The summed E-state index contributed by atoms with van der Waals surface area (Å²) in [6.07, 6.45) is 1.43. The van der Waals surface area contributed by atoms with Crippen LogP contribution < -0.4 is 11.1 Å². The summed E-state index contributed by atoms with van der Waals surface area (Å²) in [5.41, 5.74) is 5.59. The third kappa shape index (κ3) is 3.99. The fourth-order valence-electron chi connectivity index (χ4n) is 0.853. The van der Waals surface area contributed by atoms with Gasteiger partial charge in [0.25, 0.3) is 5.91 Å². The molecule has 1 heterocycles. The largest absolute Gasteiger partial charge is 0.394 e. The van der Waals surface area contributed by atoms with Crippen LogP contribution >= 0.6 is 0 Å². The van der Waals surface area contributed by atoms with Crippen LogP contribution in [0.4, 0.5) is 11.5 Å². The minimum atomic E-state index is -0.336. The van der Waals surface area contributed by atoms with Crippen LogP contribution in [0.5, 0.6) is 0 Å². The van der Waals surface area contributed by atoms with Gasteiger partial charge in [-0.2, -0.15) is 5.10 Å². The molecule has 84 valence electrons. The van der Waals surface area contributed by atoms with Crippen molar-refractivity contribution >= 4 is 17.4 Å². The van der Waals surface area contributed by atoms with Gasteiger partial charge in [0, 0.05) is 0 Å². The van der Waals surface area contributed by atoms with Crippen molar-refractivity contribution in [3.8, 4) is 0 Å². The number of hydrogen-bond acceptors (Lipinski definition) is 4. The van der Waals surface area contributed by atoms with E-state index in [2.05, 4.69) is 15.5 Å². The van der Waals surface area contributed by atoms with E-state index in [0.29, 0.717) is 11.5 Å². The zero-order valence-electron chi connectivity index (χ0n) is 9.13. The average molecular weight is 212 g/mol. The number of hydrogen-bond donors (Lipinski definition) is 3. The Hall–Kier alpha value is -1.56. The van der Waals surface area contributed by atoms with Crippen LogP contribution in [-0.4, -0.2) is 28.3 Å². The lowest BCUT2D eigenvalue weighted by Gasteiger charge is -2.18. The van der Waals surface area contributed by atoms with Gasteiger partial charge in [0.2, 0.25) is 0 Å². The number of nitrogens with two attached hydrogens (primary N) is 1. The lowest BCUT2D eigenvalue weighted by atomic mass is 10.2. The third-order valence-electron chi connectivity index (χ3n) is 1.57. The molecule has 1 aromatic rings. The summed E-state index contributed by atoms with van der Waals surface area (Å²) in [5.74, 6) is 0.137. The SMILES string of the molecule is CC(C)(C)OCC(=O)Nc1[nH]ncc1N. The summed E-state index contributed by atoms with van der Waals surface area (Å²) in [4.78, 5) is 11.4. The quantitative estimate of drug-likeness (QED) is 0.689. The molecule has 0 radical (unpaired) electrons. The molecule has 0 fully saturated rings. The van der Waals surface area contributed by atoms with E-state index in [0.717, 1.165) is 0 Å². The molecular formula is C9H16N4O2. The van der Waals surface area contributed by atoms with Gasteiger partial charge in [-0.15, -0.1) is 0 Å². The molecule has 1 rings (SSSR count). The van der Waals surface area contributed by atoms with Gasteiger partial charge in [-0.05, 0) is 20.8 Å². The Balaban J connectivity index is 2.41. The van der Waals surface area contributed by atoms with Crippen LogP contribution in [-0.2, 0) is 9.53 Å². The number of aromatic amines is 1. The van der Waals surface area contributed by atoms with Crippen LogP contribution in [0.25, 0.3) is 0 Å². The second-order valence-corrected chi connectivity index (χ2v) is 4.15. The molecule has 0 bridgehead atoms. The summed E-state index contributed by atoms with van der Waals surface area (Å²) in [7, 11) is 0. The Labute approximate surface area is 88.2 Å². The van der Waals surface area contributed by atoms with Crippen molar-refractivity contribution in [3.63, 3.8) is 0 Å². The molecule has 0 spiro atoms. The maximum absolute atomic E-state index is 11.4. The molecule has 1 aromatic heterocycles. The van der Waals surface area contributed by atoms with Crippen molar-refractivity contribution in [3.05, 3.63) is 6.20 Å². The van der Waals surface area contributed by atoms with Crippen molar-refractivity contribution in [2.75, 3.05) is 17.7 Å². The topological polar surface area (TPSA) is 93.0 Å². The summed E-state index contributed by atoms with van der Waals surface area (Å²) in [5, 5.41) is 8.80. The van der Waals surface area contributed by atoms with Crippen LogP contribution in [0, 0.1) is 0 Å². The highest BCUT2D eigenvalue weighted by molar-refractivity contribution is 5.93. The zero-order chi connectivity index (χ0) is 11.5. The van der Waals surface area contributed by atoms with E-state index in [1.807, 2.05) is 20.8 Å². The lowest BCUT2D eigenvalue weighted by Crippen LogP contribution is -2.27. The number of ether oxygens (including phenoxy) is 1. The van der Waals surface area contributed by atoms with Gasteiger partial charge < -0.3 is 15.8 Å². The lowest BCUT2D eigenvalue weighted by molar-refractivity contribution is -0.125. The first-order valence-corrected chi connectivity index (χ1v) is 4.61. The highest BCUT2D eigenvalue weighted by Gasteiger charge is 2.13. The van der Waals surface area contributed by atoms with Gasteiger partial charge in [0.05, 0.1) is 17.5 Å². The molecule has 1 amide bonds. The molecule has 0 unspecified atom stereocenters. The van der Waals surface area contributed by atoms with Crippen LogP contribution in [0.15, 0.2) is 6.20 Å². The Bertz CT molecular complexity index is 340. The first kappa shape index (κ1) is 11.5. The molecule has 0 aliphatic carbocycles. The maximum atomic E-state index is 11.4. The number of rotatable bonds is 3. The second-order valence-electron chi connectivity index (χ2n) is 4.15. The fourth-order valence-corrected chi connectivity index (χ4v) is 0.853. The van der Waals surface area contributed by atoms with Gasteiger partial charge in [0.15, 0.2) is 5.82 Å². The maximum Gasteiger partial charge on any atom is 0.251 e. The van der Waals surface area contributed by atoms with Crippen molar-refractivity contribution in [2.24, 2.45) is 0 Å². The average Bonchev–Trinajstić information content (AvgIpc) is 2.47. The van der Waals surface area contributed by atoms with Crippen LogP contribution in [0.3, 0.4) is 0 Å². The number of nitrogens with zero attached hydrogens (tertiary/aromatic N) is 1. The fraction of sp³-hybridized carbons (Fsp3) is 0.556. The number of H-pyrrole nitrogens is 1. The monoisotopic (exact) mass is 212 g/mol. The first-order chi connectivity index (χ1) is 6.88.